The second kappa shape index (κ2) is 7.09. The van der Waals surface area contributed by atoms with Crippen LogP contribution < -0.4 is 9.47 Å². The molecule has 0 saturated carbocycles. The van der Waals surface area contributed by atoms with Crippen LogP contribution in [0.25, 0.3) is 0 Å². The summed E-state index contributed by atoms with van der Waals surface area (Å²) in [5, 5.41) is 0.560. The Balaban J connectivity index is 3.00. The molecule has 0 aliphatic carbocycles. The van der Waals surface area contributed by atoms with Crippen molar-refractivity contribution in [2.75, 3.05) is 14.2 Å². The Kier molecular flexibility index (Phi) is 5.72. The molecule has 1 rings (SSSR count). The molecular weight excluding hydrogens is 236 g/mol. The van der Waals surface area contributed by atoms with Crippen LogP contribution in [0.5, 0.6) is 11.5 Å². The normalized spacial score (nSPS) is 9.41. The highest BCUT2D eigenvalue weighted by Gasteiger charge is 2.08. The molecule has 0 saturated heterocycles. The molecule has 0 N–H and O–H groups in total. The molecule has 0 unspecified atom stereocenters. The van der Waals surface area contributed by atoms with Crippen LogP contribution in [0.1, 0.15) is 31.7 Å². The Morgan fingerprint density at radius 2 is 2.00 bits per heavy atom. The monoisotopic (exact) mass is 252 g/mol. The molecule has 0 aliphatic rings. The lowest BCUT2D eigenvalue weighted by Crippen LogP contribution is -1.91. The van der Waals surface area contributed by atoms with Crippen LogP contribution in [-0.2, 0) is 0 Å². The van der Waals surface area contributed by atoms with Crippen molar-refractivity contribution in [2.45, 2.75) is 26.2 Å². The maximum absolute atomic E-state index is 6.14. The molecule has 92 valence electrons. The Morgan fingerprint density at radius 3 is 2.59 bits per heavy atom. The highest BCUT2D eigenvalue weighted by atomic mass is 35.5. The van der Waals surface area contributed by atoms with E-state index >= 15 is 0 Å². The minimum atomic E-state index is 0.560. The van der Waals surface area contributed by atoms with Gasteiger partial charge in [-0.15, -0.1) is 0 Å². The van der Waals surface area contributed by atoms with Crippen LogP contribution >= 0.6 is 11.6 Å². The molecule has 0 bridgehead atoms. The summed E-state index contributed by atoms with van der Waals surface area (Å²) in [7, 11) is 3.19. The number of unbranched alkanes of at least 4 members (excludes halogenated alkanes) is 2. The summed E-state index contributed by atoms with van der Waals surface area (Å²) in [6.07, 6.45) is 3.12. The maximum atomic E-state index is 6.14. The van der Waals surface area contributed by atoms with Crippen LogP contribution in [0.2, 0.25) is 5.02 Å². The molecule has 0 spiro atoms. The van der Waals surface area contributed by atoms with Crippen molar-refractivity contribution in [2.24, 2.45) is 0 Å². The number of methoxy groups -OCH3 is 2. The largest absolute Gasteiger partial charge is 0.497 e. The highest BCUT2D eigenvalue weighted by Crippen LogP contribution is 2.31. The fourth-order valence-corrected chi connectivity index (χ4v) is 1.62. The molecule has 0 aromatic heterocycles. The third-order valence-corrected chi connectivity index (χ3v) is 2.65. The zero-order valence-electron chi connectivity index (χ0n) is 10.5. The van der Waals surface area contributed by atoms with Crippen molar-refractivity contribution in [3.05, 3.63) is 22.7 Å². The van der Waals surface area contributed by atoms with E-state index in [9.17, 15) is 0 Å². The number of benzene rings is 1. The predicted octanol–water partition coefficient (Wildman–Crippen LogP) is 3.90. The standard InChI is InChI=1S/C14H17ClO2/c1-4-5-6-7-8-12-13(15)9-11(16-2)10-14(12)17-3/h9-10H,4-6H2,1-3H3. The lowest BCUT2D eigenvalue weighted by molar-refractivity contribution is 0.393. The van der Waals surface area contributed by atoms with Crippen LogP contribution in [0, 0.1) is 11.8 Å². The summed E-state index contributed by atoms with van der Waals surface area (Å²) in [6, 6.07) is 3.53. The van der Waals surface area contributed by atoms with Crippen molar-refractivity contribution in [1.82, 2.24) is 0 Å². The summed E-state index contributed by atoms with van der Waals surface area (Å²) in [5.41, 5.74) is 0.728. The Labute approximate surface area is 108 Å². The van der Waals surface area contributed by atoms with Gasteiger partial charge in [0, 0.05) is 18.6 Å². The van der Waals surface area contributed by atoms with Crippen LogP contribution in [0.15, 0.2) is 12.1 Å². The van der Waals surface area contributed by atoms with E-state index < -0.39 is 0 Å². The quantitative estimate of drug-likeness (QED) is 0.598. The number of rotatable bonds is 4. The smallest absolute Gasteiger partial charge is 0.139 e. The molecule has 0 aliphatic heterocycles. The Morgan fingerprint density at radius 1 is 1.24 bits per heavy atom. The maximum Gasteiger partial charge on any atom is 0.139 e. The van der Waals surface area contributed by atoms with Gasteiger partial charge in [0.2, 0.25) is 0 Å². The highest BCUT2D eigenvalue weighted by molar-refractivity contribution is 6.32. The fourth-order valence-electron chi connectivity index (χ4n) is 1.37. The van der Waals surface area contributed by atoms with Gasteiger partial charge >= 0.3 is 0 Å². The zero-order chi connectivity index (χ0) is 12.7. The van der Waals surface area contributed by atoms with Crippen LogP contribution in [-0.4, -0.2) is 14.2 Å². The summed E-state index contributed by atoms with van der Waals surface area (Å²) in [4.78, 5) is 0. The van der Waals surface area contributed by atoms with Gasteiger partial charge in [-0.3, -0.25) is 0 Å². The molecule has 17 heavy (non-hydrogen) atoms. The number of hydrogen-bond donors (Lipinski definition) is 0. The molecule has 0 atom stereocenters. The molecule has 2 nitrogen and oxygen atoms in total. The van der Waals surface area contributed by atoms with Crippen molar-refractivity contribution in [1.29, 1.82) is 0 Å². The third-order valence-electron chi connectivity index (χ3n) is 2.35. The Bertz CT molecular complexity index is 430. The molecule has 0 amide bonds. The molecule has 0 radical (unpaired) electrons. The first-order valence-electron chi connectivity index (χ1n) is 5.63. The van der Waals surface area contributed by atoms with E-state index in [1.165, 1.54) is 0 Å². The SMILES string of the molecule is CCCCC#Cc1c(Cl)cc(OC)cc1OC. The minimum Gasteiger partial charge on any atom is -0.497 e. The van der Waals surface area contributed by atoms with E-state index in [-0.39, 0.29) is 0 Å². The van der Waals surface area contributed by atoms with Crippen molar-refractivity contribution >= 4 is 11.6 Å². The zero-order valence-corrected chi connectivity index (χ0v) is 11.2. The summed E-state index contributed by atoms with van der Waals surface area (Å²) >= 11 is 6.14. The van der Waals surface area contributed by atoms with Crippen LogP contribution in [0.3, 0.4) is 0 Å². The fraction of sp³-hybridized carbons (Fsp3) is 0.429. The van der Waals surface area contributed by atoms with Crippen molar-refractivity contribution < 1.29 is 9.47 Å². The lowest BCUT2D eigenvalue weighted by Gasteiger charge is -2.08. The van der Waals surface area contributed by atoms with Gasteiger partial charge < -0.3 is 9.47 Å². The molecule has 0 fully saturated rings. The van der Waals surface area contributed by atoms with Crippen molar-refractivity contribution in [3.8, 4) is 23.3 Å². The molecule has 1 aromatic rings. The predicted molar refractivity (Wildman–Crippen MR) is 71.0 cm³/mol. The van der Waals surface area contributed by atoms with Crippen LogP contribution in [0.4, 0.5) is 0 Å². The first-order valence-corrected chi connectivity index (χ1v) is 6.01. The van der Waals surface area contributed by atoms with Gasteiger partial charge in [0.15, 0.2) is 0 Å². The number of ether oxygens (including phenoxy) is 2. The molecule has 3 heteroatoms. The molecule has 1 aromatic carbocycles. The number of hydrogen-bond acceptors (Lipinski definition) is 2. The van der Waals surface area contributed by atoms with Gasteiger partial charge in [0.1, 0.15) is 11.5 Å². The summed E-state index contributed by atoms with van der Waals surface area (Å²) < 4.78 is 10.4. The summed E-state index contributed by atoms with van der Waals surface area (Å²) in [5.74, 6) is 7.48. The van der Waals surface area contributed by atoms with Gasteiger partial charge in [0.25, 0.3) is 0 Å². The average molecular weight is 253 g/mol. The van der Waals surface area contributed by atoms with E-state index in [1.54, 1.807) is 26.4 Å². The average Bonchev–Trinajstić information content (AvgIpc) is 2.35. The van der Waals surface area contributed by atoms with Gasteiger partial charge in [-0.2, -0.15) is 0 Å². The first kappa shape index (κ1) is 13.7. The topological polar surface area (TPSA) is 18.5 Å². The second-order valence-electron chi connectivity index (χ2n) is 3.59. The van der Waals surface area contributed by atoms with Gasteiger partial charge in [0.05, 0.1) is 24.8 Å². The number of halogens is 1. The second-order valence-corrected chi connectivity index (χ2v) is 4.00. The van der Waals surface area contributed by atoms with Gasteiger partial charge in [-0.05, 0) is 6.42 Å². The lowest BCUT2D eigenvalue weighted by atomic mass is 10.1. The first-order chi connectivity index (χ1) is 8.22. The van der Waals surface area contributed by atoms with E-state index in [0.29, 0.717) is 16.5 Å². The van der Waals surface area contributed by atoms with E-state index in [1.807, 2.05) is 0 Å². The van der Waals surface area contributed by atoms with Gasteiger partial charge in [-0.25, -0.2) is 0 Å². The summed E-state index contributed by atoms with van der Waals surface area (Å²) in [6.45, 7) is 2.14. The Hall–Kier alpha value is -1.33. The van der Waals surface area contributed by atoms with Gasteiger partial charge in [-0.1, -0.05) is 36.8 Å². The molecular formula is C14H17ClO2. The third kappa shape index (κ3) is 3.87. The van der Waals surface area contributed by atoms with Crippen molar-refractivity contribution in [3.63, 3.8) is 0 Å². The van der Waals surface area contributed by atoms with E-state index in [4.69, 9.17) is 21.1 Å². The minimum absolute atomic E-state index is 0.560. The van der Waals surface area contributed by atoms with E-state index in [2.05, 4.69) is 18.8 Å². The molecule has 0 heterocycles. The van der Waals surface area contributed by atoms with E-state index in [0.717, 1.165) is 24.8 Å².